The predicted molar refractivity (Wildman–Crippen MR) is 135 cm³/mol. The van der Waals surface area contributed by atoms with Crippen molar-refractivity contribution in [3.63, 3.8) is 0 Å². The second-order valence-electron chi connectivity index (χ2n) is 8.76. The Morgan fingerprint density at radius 1 is 1.06 bits per heavy atom. The van der Waals surface area contributed by atoms with E-state index < -0.39 is 0 Å². The third kappa shape index (κ3) is 4.42. The van der Waals surface area contributed by atoms with Gasteiger partial charge in [0.05, 0.1) is 17.7 Å². The number of hydrogen-bond acceptors (Lipinski definition) is 5. The van der Waals surface area contributed by atoms with E-state index in [1.54, 1.807) is 4.90 Å². The van der Waals surface area contributed by atoms with Crippen LogP contribution in [0.2, 0.25) is 0 Å². The van der Waals surface area contributed by atoms with E-state index in [2.05, 4.69) is 15.4 Å². The first-order valence-corrected chi connectivity index (χ1v) is 11.6. The van der Waals surface area contributed by atoms with Gasteiger partial charge >= 0.3 is 0 Å². The summed E-state index contributed by atoms with van der Waals surface area (Å²) in [6.45, 7) is 3.91. The van der Waals surface area contributed by atoms with Crippen LogP contribution in [-0.4, -0.2) is 32.6 Å². The number of carbonyl (C=O) groups excluding carboxylic acids is 2. The van der Waals surface area contributed by atoms with Crippen molar-refractivity contribution in [3.05, 3.63) is 94.0 Å². The molecule has 0 bridgehead atoms. The molecule has 3 heterocycles. The van der Waals surface area contributed by atoms with E-state index in [0.29, 0.717) is 5.69 Å². The Balaban J connectivity index is 1.32. The molecular weight excluding hydrogens is 442 g/mol. The minimum Gasteiger partial charge on any atom is -0.325 e. The third-order valence-electron chi connectivity index (χ3n) is 6.18. The first-order valence-electron chi connectivity index (χ1n) is 11.6. The Morgan fingerprint density at radius 3 is 2.69 bits per heavy atom. The lowest BCUT2D eigenvalue weighted by Gasteiger charge is -2.22. The zero-order chi connectivity index (χ0) is 24.5. The quantitative estimate of drug-likeness (QED) is 0.483. The molecule has 0 fully saturated rings. The molecule has 0 radical (unpaired) electrons. The molecule has 35 heavy (non-hydrogen) atoms. The summed E-state index contributed by atoms with van der Waals surface area (Å²) in [5.74, 6) is -0.521. The molecule has 8 heteroatoms. The largest absolute Gasteiger partial charge is 0.325 e. The number of amides is 2. The zero-order valence-corrected chi connectivity index (χ0v) is 19.6. The number of aryl methyl sites for hydroxylation is 2. The van der Waals surface area contributed by atoms with Gasteiger partial charge in [-0.1, -0.05) is 36.4 Å². The van der Waals surface area contributed by atoms with E-state index in [1.807, 2.05) is 68.4 Å². The summed E-state index contributed by atoms with van der Waals surface area (Å²) in [7, 11) is 0. The van der Waals surface area contributed by atoms with E-state index >= 15 is 0 Å². The van der Waals surface area contributed by atoms with Gasteiger partial charge in [0.15, 0.2) is 0 Å². The van der Waals surface area contributed by atoms with Crippen molar-refractivity contribution in [1.82, 2.24) is 14.8 Å². The molecule has 0 saturated heterocycles. The second-order valence-corrected chi connectivity index (χ2v) is 8.76. The lowest BCUT2D eigenvalue weighted by atomic mass is 10.1. The van der Waals surface area contributed by atoms with Crippen molar-refractivity contribution in [1.29, 1.82) is 0 Å². The lowest BCUT2D eigenvalue weighted by molar-refractivity contribution is -0.116. The molecule has 5 rings (SSSR count). The number of para-hydroxylation sites is 2. The maximum absolute atomic E-state index is 13.3. The predicted octanol–water partition coefficient (Wildman–Crippen LogP) is 3.72. The number of nitrogens with one attached hydrogen (secondary N) is 1. The number of aromatic nitrogens is 3. The van der Waals surface area contributed by atoms with Crippen LogP contribution in [0.4, 0.5) is 11.4 Å². The number of anilines is 2. The second kappa shape index (κ2) is 9.13. The number of benzene rings is 2. The van der Waals surface area contributed by atoms with Gasteiger partial charge in [-0.3, -0.25) is 19.4 Å². The Labute approximate surface area is 202 Å². The van der Waals surface area contributed by atoms with Gasteiger partial charge in [-0.2, -0.15) is 5.10 Å². The lowest BCUT2D eigenvalue weighted by Crippen LogP contribution is -2.37. The highest BCUT2D eigenvalue weighted by molar-refractivity contribution is 6.06. The van der Waals surface area contributed by atoms with Crippen LogP contribution in [-0.2, 0) is 17.8 Å². The van der Waals surface area contributed by atoms with Gasteiger partial charge in [-0.25, -0.2) is 4.68 Å². The van der Waals surface area contributed by atoms with E-state index in [9.17, 15) is 14.4 Å². The molecule has 2 amide bonds. The number of fused-ring (bicyclic) bond motifs is 2. The smallest absolute Gasteiger partial charge is 0.278 e. The van der Waals surface area contributed by atoms with Gasteiger partial charge in [0.2, 0.25) is 5.91 Å². The summed E-state index contributed by atoms with van der Waals surface area (Å²) in [6, 6.07) is 19.9. The van der Waals surface area contributed by atoms with E-state index in [4.69, 9.17) is 0 Å². The normalized spacial score (nSPS) is 14.7. The average Bonchev–Trinajstić information content (AvgIpc) is 3.18. The Morgan fingerprint density at radius 2 is 1.83 bits per heavy atom. The van der Waals surface area contributed by atoms with Gasteiger partial charge in [0.25, 0.3) is 11.5 Å². The van der Waals surface area contributed by atoms with Crippen molar-refractivity contribution >= 4 is 34.1 Å². The first kappa shape index (κ1) is 22.5. The number of nitrogens with zero attached hydrogens (tertiary/aromatic N) is 4. The van der Waals surface area contributed by atoms with E-state index in [-0.39, 0.29) is 42.1 Å². The third-order valence-corrected chi connectivity index (χ3v) is 6.18. The summed E-state index contributed by atoms with van der Waals surface area (Å²) >= 11 is 0. The fourth-order valence-corrected chi connectivity index (χ4v) is 4.55. The number of rotatable bonds is 5. The maximum Gasteiger partial charge on any atom is 0.278 e. The van der Waals surface area contributed by atoms with Crippen LogP contribution in [0, 0.1) is 6.92 Å². The monoisotopic (exact) mass is 467 g/mol. The van der Waals surface area contributed by atoms with Crippen LogP contribution < -0.4 is 15.8 Å². The minimum absolute atomic E-state index is 0.00787. The molecule has 8 nitrogen and oxygen atoms in total. The molecule has 2 aromatic heterocycles. The van der Waals surface area contributed by atoms with Gasteiger partial charge in [0.1, 0.15) is 5.69 Å². The molecule has 1 atom stereocenters. The van der Waals surface area contributed by atoms with Crippen LogP contribution in [0.5, 0.6) is 0 Å². The molecule has 1 unspecified atom stereocenters. The molecule has 176 valence electrons. The van der Waals surface area contributed by atoms with E-state index in [0.717, 1.165) is 34.3 Å². The number of hydrogen-bond donors (Lipinski definition) is 1. The van der Waals surface area contributed by atoms with Crippen molar-refractivity contribution < 1.29 is 9.59 Å². The molecule has 1 aliphatic heterocycles. The van der Waals surface area contributed by atoms with Gasteiger partial charge in [-0.05, 0) is 50.1 Å². The Bertz CT molecular complexity index is 1510. The summed E-state index contributed by atoms with van der Waals surface area (Å²) in [5, 5.41) is 8.05. The summed E-state index contributed by atoms with van der Waals surface area (Å²) < 4.78 is 1.18. The molecule has 1 aliphatic rings. The zero-order valence-electron chi connectivity index (χ0n) is 19.6. The molecule has 0 aliphatic carbocycles. The Kier molecular flexibility index (Phi) is 5.86. The topological polar surface area (TPSA) is 97.2 Å². The highest BCUT2D eigenvalue weighted by Gasteiger charge is 2.32. The molecule has 4 aromatic rings. The highest BCUT2D eigenvalue weighted by atomic mass is 16.2. The van der Waals surface area contributed by atoms with Crippen molar-refractivity contribution in [2.75, 3.05) is 10.2 Å². The Hall–Kier alpha value is -4.33. The van der Waals surface area contributed by atoms with Crippen LogP contribution in [0.3, 0.4) is 0 Å². The van der Waals surface area contributed by atoms with Gasteiger partial charge in [-0.15, -0.1) is 0 Å². The minimum atomic E-state index is -0.366. The average molecular weight is 468 g/mol. The van der Waals surface area contributed by atoms with Crippen LogP contribution in [0.15, 0.2) is 71.5 Å². The standard InChI is InChI=1S/C27H25N5O3/c1-17-15-23(20-8-4-5-9-21(20)28-17)29-25(33)13-14-31-26(34)12-11-22(30-31)27(35)32-18(2)16-19-7-3-6-10-24(19)32/h3-12,15,18H,13-14,16H2,1-2H3,(H,28,29,33). The summed E-state index contributed by atoms with van der Waals surface area (Å²) in [4.78, 5) is 44.6. The summed E-state index contributed by atoms with van der Waals surface area (Å²) in [5.41, 5.74) is 4.04. The molecule has 0 saturated carbocycles. The van der Waals surface area contributed by atoms with Gasteiger partial charge < -0.3 is 10.2 Å². The van der Waals surface area contributed by atoms with Crippen molar-refractivity contribution in [2.24, 2.45) is 0 Å². The first-order chi connectivity index (χ1) is 16.9. The number of pyridine rings is 1. The number of carbonyl (C=O) groups is 2. The SMILES string of the molecule is Cc1cc(NC(=O)CCn2nc(C(=O)N3c4ccccc4CC3C)ccc2=O)c2ccccc2n1. The molecule has 2 aromatic carbocycles. The maximum atomic E-state index is 13.3. The van der Waals surface area contributed by atoms with Gasteiger partial charge in [0, 0.05) is 35.3 Å². The van der Waals surface area contributed by atoms with Crippen LogP contribution in [0.1, 0.15) is 35.1 Å². The fraction of sp³-hybridized carbons (Fsp3) is 0.222. The molecular formula is C27H25N5O3. The van der Waals surface area contributed by atoms with E-state index in [1.165, 1.54) is 16.8 Å². The van der Waals surface area contributed by atoms with Crippen LogP contribution in [0.25, 0.3) is 10.9 Å². The molecule has 0 spiro atoms. The van der Waals surface area contributed by atoms with Crippen molar-refractivity contribution in [3.8, 4) is 0 Å². The summed E-state index contributed by atoms with van der Waals surface area (Å²) in [6.07, 6.45) is 0.800. The molecule has 1 N–H and O–H groups in total. The van der Waals surface area contributed by atoms with Crippen LogP contribution >= 0.6 is 0 Å². The van der Waals surface area contributed by atoms with Crippen molar-refractivity contribution in [2.45, 2.75) is 39.3 Å². The highest BCUT2D eigenvalue weighted by Crippen LogP contribution is 2.32. The fourth-order valence-electron chi connectivity index (χ4n) is 4.55.